The van der Waals surface area contributed by atoms with E-state index in [1.54, 1.807) is 6.33 Å². The summed E-state index contributed by atoms with van der Waals surface area (Å²) in [6.07, 6.45) is 3.04. The van der Waals surface area contributed by atoms with Gasteiger partial charge in [0.25, 0.3) is 0 Å². The van der Waals surface area contributed by atoms with Crippen molar-refractivity contribution in [2.45, 2.75) is 29.9 Å². The summed E-state index contributed by atoms with van der Waals surface area (Å²) in [7, 11) is 1.86. The van der Waals surface area contributed by atoms with E-state index in [1.165, 1.54) is 18.1 Å². The van der Waals surface area contributed by atoms with E-state index in [0.717, 1.165) is 21.6 Å². The van der Waals surface area contributed by atoms with Gasteiger partial charge in [-0.3, -0.25) is 5.10 Å². The van der Waals surface area contributed by atoms with E-state index in [2.05, 4.69) is 44.3 Å². The molecule has 0 unspecified atom stereocenters. The molecule has 2 N–H and O–H groups in total. The monoisotopic (exact) mass is 250 g/mol. The van der Waals surface area contributed by atoms with E-state index in [1.807, 2.05) is 7.05 Å². The number of aromatic amines is 1. The van der Waals surface area contributed by atoms with Gasteiger partial charge < -0.3 is 5.32 Å². The normalized spacial score (nSPS) is 10.8. The highest BCUT2D eigenvalue weighted by Gasteiger charge is 2.15. The SMILES string of the molecule is CNc1ncnc(Sc2ncn[nH]2)c1C(C)C. The van der Waals surface area contributed by atoms with Crippen molar-refractivity contribution in [3.05, 3.63) is 18.2 Å². The molecule has 90 valence electrons. The topological polar surface area (TPSA) is 79.4 Å². The van der Waals surface area contributed by atoms with E-state index >= 15 is 0 Å². The second-order valence-electron chi connectivity index (χ2n) is 3.74. The van der Waals surface area contributed by atoms with Crippen molar-refractivity contribution in [3.63, 3.8) is 0 Å². The van der Waals surface area contributed by atoms with Crippen molar-refractivity contribution in [3.8, 4) is 0 Å². The predicted molar refractivity (Wildman–Crippen MR) is 66.2 cm³/mol. The van der Waals surface area contributed by atoms with Crippen LogP contribution in [0.4, 0.5) is 5.82 Å². The molecule has 0 aliphatic rings. The molecule has 2 aromatic heterocycles. The van der Waals surface area contributed by atoms with Crippen LogP contribution < -0.4 is 5.32 Å². The standard InChI is InChI=1S/C10H14N6S/c1-6(2)7-8(11-3)12-4-13-9(7)17-10-14-5-15-16-10/h4-6H,1-3H3,(H,11,12,13)(H,14,15,16). The lowest BCUT2D eigenvalue weighted by Gasteiger charge is -2.13. The average Bonchev–Trinajstić information content (AvgIpc) is 2.81. The quantitative estimate of drug-likeness (QED) is 0.807. The third kappa shape index (κ3) is 2.55. The first kappa shape index (κ1) is 11.8. The highest BCUT2D eigenvalue weighted by atomic mass is 32.2. The summed E-state index contributed by atoms with van der Waals surface area (Å²) in [6, 6.07) is 0. The molecule has 2 rings (SSSR count). The van der Waals surface area contributed by atoms with Gasteiger partial charge in [-0.25, -0.2) is 15.0 Å². The van der Waals surface area contributed by atoms with Crippen LogP contribution in [0.3, 0.4) is 0 Å². The number of rotatable bonds is 4. The molecular weight excluding hydrogens is 236 g/mol. The summed E-state index contributed by atoms with van der Waals surface area (Å²) in [5.74, 6) is 1.20. The van der Waals surface area contributed by atoms with Gasteiger partial charge in [0.05, 0.1) is 0 Å². The van der Waals surface area contributed by atoms with E-state index in [4.69, 9.17) is 0 Å². The van der Waals surface area contributed by atoms with Crippen molar-refractivity contribution in [2.75, 3.05) is 12.4 Å². The maximum atomic E-state index is 4.31. The first-order chi connectivity index (χ1) is 8.22. The Morgan fingerprint density at radius 2 is 2.06 bits per heavy atom. The minimum Gasteiger partial charge on any atom is -0.373 e. The molecule has 0 aliphatic heterocycles. The van der Waals surface area contributed by atoms with Gasteiger partial charge in [0.2, 0.25) is 0 Å². The van der Waals surface area contributed by atoms with Crippen LogP contribution in [0.25, 0.3) is 0 Å². The van der Waals surface area contributed by atoms with Crippen LogP contribution >= 0.6 is 11.8 Å². The number of nitrogens with one attached hydrogen (secondary N) is 2. The summed E-state index contributed by atoms with van der Waals surface area (Å²) >= 11 is 1.46. The molecule has 0 bridgehead atoms. The summed E-state index contributed by atoms with van der Waals surface area (Å²) in [6.45, 7) is 4.23. The Kier molecular flexibility index (Phi) is 3.58. The van der Waals surface area contributed by atoms with Gasteiger partial charge in [-0.2, -0.15) is 5.10 Å². The highest BCUT2D eigenvalue weighted by molar-refractivity contribution is 7.99. The summed E-state index contributed by atoms with van der Waals surface area (Å²) in [4.78, 5) is 12.6. The zero-order valence-corrected chi connectivity index (χ0v) is 10.7. The van der Waals surface area contributed by atoms with E-state index < -0.39 is 0 Å². The Hall–Kier alpha value is -1.63. The van der Waals surface area contributed by atoms with Crippen molar-refractivity contribution in [2.24, 2.45) is 0 Å². The van der Waals surface area contributed by atoms with Crippen molar-refractivity contribution < 1.29 is 0 Å². The second kappa shape index (κ2) is 5.13. The number of nitrogens with zero attached hydrogens (tertiary/aromatic N) is 4. The van der Waals surface area contributed by atoms with Crippen molar-refractivity contribution in [1.29, 1.82) is 0 Å². The Bertz CT molecular complexity index is 482. The molecule has 0 saturated heterocycles. The first-order valence-electron chi connectivity index (χ1n) is 5.28. The molecule has 6 nitrogen and oxygen atoms in total. The third-order valence-corrected chi connectivity index (χ3v) is 3.16. The fraction of sp³-hybridized carbons (Fsp3) is 0.400. The lowest BCUT2D eigenvalue weighted by Crippen LogP contribution is -2.04. The molecule has 0 aliphatic carbocycles. The van der Waals surface area contributed by atoms with Crippen LogP contribution in [-0.2, 0) is 0 Å². The molecule has 0 atom stereocenters. The Morgan fingerprint density at radius 1 is 1.24 bits per heavy atom. The van der Waals surface area contributed by atoms with Gasteiger partial charge in [-0.1, -0.05) is 13.8 Å². The highest BCUT2D eigenvalue weighted by Crippen LogP contribution is 2.33. The lowest BCUT2D eigenvalue weighted by molar-refractivity contribution is 0.804. The third-order valence-electron chi connectivity index (χ3n) is 2.25. The molecular formula is C10H14N6S. The van der Waals surface area contributed by atoms with Crippen LogP contribution in [0, 0.1) is 0 Å². The van der Waals surface area contributed by atoms with Gasteiger partial charge in [0.15, 0.2) is 5.16 Å². The number of aromatic nitrogens is 5. The smallest absolute Gasteiger partial charge is 0.189 e. The fourth-order valence-electron chi connectivity index (χ4n) is 1.52. The zero-order chi connectivity index (χ0) is 12.3. The summed E-state index contributed by atoms with van der Waals surface area (Å²) < 4.78 is 0. The Balaban J connectivity index is 2.39. The molecule has 0 amide bonds. The minimum absolute atomic E-state index is 0.337. The average molecular weight is 250 g/mol. The lowest BCUT2D eigenvalue weighted by atomic mass is 10.1. The molecule has 7 heteroatoms. The molecule has 2 aromatic rings. The number of anilines is 1. The van der Waals surface area contributed by atoms with Gasteiger partial charge in [-0.15, -0.1) is 0 Å². The van der Waals surface area contributed by atoms with Gasteiger partial charge in [0.1, 0.15) is 23.5 Å². The van der Waals surface area contributed by atoms with E-state index in [-0.39, 0.29) is 0 Å². The predicted octanol–water partition coefficient (Wildman–Crippen LogP) is 1.91. The Morgan fingerprint density at radius 3 is 2.65 bits per heavy atom. The number of hydrogen-bond acceptors (Lipinski definition) is 6. The van der Waals surface area contributed by atoms with Gasteiger partial charge in [-0.05, 0) is 17.7 Å². The Labute approximate surface area is 104 Å². The molecule has 17 heavy (non-hydrogen) atoms. The maximum Gasteiger partial charge on any atom is 0.189 e. The number of hydrogen-bond donors (Lipinski definition) is 2. The first-order valence-corrected chi connectivity index (χ1v) is 6.10. The molecule has 2 heterocycles. The van der Waals surface area contributed by atoms with Gasteiger partial charge in [0, 0.05) is 12.6 Å². The van der Waals surface area contributed by atoms with E-state index in [0.29, 0.717) is 5.92 Å². The number of H-pyrrole nitrogens is 1. The zero-order valence-electron chi connectivity index (χ0n) is 9.93. The van der Waals surface area contributed by atoms with Gasteiger partial charge >= 0.3 is 0 Å². The van der Waals surface area contributed by atoms with Crippen molar-refractivity contribution >= 4 is 17.6 Å². The fourth-order valence-corrected chi connectivity index (χ4v) is 2.44. The van der Waals surface area contributed by atoms with Crippen LogP contribution in [0.2, 0.25) is 0 Å². The molecule has 0 fully saturated rings. The van der Waals surface area contributed by atoms with Crippen molar-refractivity contribution in [1.82, 2.24) is 25.1 Å². The van der Waals surface area contributed by atoms with Crippen LogP contribution in [0.5, 0.6) is 0 Å². The van der Waals surface area contributed by atoms with E-state index in [9.17, 15) is 0 Å². The van der Waals surface area contributed by atoms with Crippen LogP contribution in [0.15, 0.2) is 22.8 Å². The molecule has 0 aromatic carbocycles. The second-order valence-corrected chi connectivity index (χ2v) is 4.72. The maximum absolute atomic E-state index is 4.31. The summed E-state index contributed by atoms with van der Waals surface area (Å²) in [5.41, 5.74) is 1.09. The minimum atomic E-state index is 0.337. The van der Waals surface area contributed by atoms with Crippen LogP contribution in [0.1, 0.15) is 25.3 Å². The van der Waals surface area contributed by atoms with Crippen LogP contribution in [-0.4, -0.2) is 32.2 Å². The summed E-state index contributed by atoms with van der Waals surface area (Å²) in [5, 5.41) is 11.3. The largest absolute Gasteiger partial charge is 0.373 e. The molecule has 0 saturated carbocycles. The molecule has 0 radical (unpaired) electrons. The molecule has 0 spiro atoms.